The Balaban J connectivity index is 2.52. The predicted octanol–water partition coefficient (Wildman–Crippen LogP) is -1.01. The van der Waals surface area contributed by atoms with Gasteiger partial charge >= 0.3 is 5.97 Å². The first-order chi connectivity index (χ1) is 8.79. The molecule has 19 heavy (non-hydrogen) atoms. The largest absolute Gasteiger partial charge is 0.480 e. The van der Waals surface area contributed by atoms with Crippen molar-refractivity contribution in [3.63, 3.8) is 0 Å². The van der Waals surface area contributed by atoms with Gasteiger partial charge in [0, 0.05) is 12.2 Å². The van der Waals surface area contributed by atoms with E-state index in [-0.39, 0.29) is 24.0 Å². The van der Waals surface area contributed by atoms with Crippen LogP contribution in [0.1, 0.15) is 19.3 Å². The van der Waals surface area contributed by atoms with Gasteiger partial charge in [0.1, 0.15) is 15.9 Å². The second-order valence-electron chi connectivity index (χ2n) is 4.84. The van der Waals surface area contributed by atoms with Crippen molar-refractivity contribution < 1.29 is 23.1 Å². The maximum absolute atomic E-state index is 11.9. The van der Waals surface area contributed by atoms with Crippen LogP contribution in [0.4, 0.5) is 0 Å². The van der Waals surface area contributed by atoms with Gasteiger partial charge in [-0.15, -0.1) is 0 Å². The quantitative estimate of drug-likeness (QED) is 0.578. The number of carboxylic acid groups (broad SMARTS) is 1. The van der Waals surface area contributed by atoms with Crippen molar-refractivity contribution in [2.45, 2.75) is 25.3 Å². The number of carbonyl (C=O) groups is 2. The lowest BCUT2D eigenvalue weighted by Crippen LogP contribution is -2.46. The molecule has 1 fully saturated rings. The van der Waals surface area contributed by atoms with Gasteiger partial charge in [0.15, 0.2) is 0 Å². The summed E-state index contributed by atoms with van der Waals surface area (Å²) in [7, 11) is -3.24. The second-order valence-corrected chi connectivity index (χ2v) is 7.10. The van der Waals surface area contributed by atoms with Gasteiger partial charge in [0.2, 0.25) is 5.91 Å². The Labute approximate surface area is 112 Å². The minimum atomic E-state index is -3.24. The molecule has 1 atom stereocenters. The number of sulfone groups is 1. The molecule has 7 nitrogen and oxygen atoms in total. The van der Waals surface area contributed by atoms with E-state index in [9.17, 15) is 18.0 Å². The summed E-state index contributed by atoms with van der Waals surface area (Å²) >= 11 is 0. The highest BCUT2D eigenvalue weighted by molar-refractivity contribution is 7.90. The number of rotatable bonds is 6. The number of hydrogen-bond acceptors (Lipinski definition) is 5. The van der Waals surface area contributed by atoms with Gasteiger partial charge in [-0.2, -0.15) is 0 Å². The van der Waals surface area contributed by atoms with Crippen LogP contribution >= 0.6 is 0 Å². The Morgan fingerprint density at radius 2 is 1.95 bits per heavy atom. The molecule has 3 N–H and O–H groups in total. The van der Waals surface area contributed by atoms with Crippen molar-refractivity contribution in [2.75, 3.05) is 25.1 Å². The fourth-order valence-corrected chi connectivity index (χ4v) is 2.63. The zero-order valence-electron chi connectivity index (χ0n) is 10.9. The number of hydrogen-bond donors (Lipinski definition) is 3. The molecule has 0 aliphatic carbocycles. The Hall–Kier alpha value is -1.15. The first kappa shape index (κ1) is 15.9. The van der Waals surface area contributed by atoms with Crippen LogP contribution in [0.2, 0.25) is 0 Å². The normalized spacial score (nSPS) is 18.8. The van der Waals surface area contributed by atoms with Crippen LogP contribution in [0, 0.1) is 5.92 Å². The summed E-state index contributed by atoms with van der Waals surface area (Å²) in [6.45, 7) is 1.47. The average Bonchev–Trinajstić information content (AvgIpc) is 2.33. The van der Waals surface area contributed by atoms with Gasteiger partial charge in [0.05, 0.1) is 5.75 Å². The highest BCUT2D eigenvalue weighted by Gasteiger charge is 2.26. The molecule has 0 saturated carbocycles. The number of carbonyl (C=O) groups excluding carboxylic acids is 1. The molecule has 0 spiro atoms. The fourth-order valence-electron chi connectivity index (χ4n) is 1.96. The molecule has 1 unspecified atom stereocenters. The Morgan fingerprint density at radius 1 is 1.37 bits per heavy atom. The topological polar surface area (TPSA) is 113 Å². The van der Waals surface area contributed by atoms with Crippen LogP contribution in [-0.4, -0.2) is 56.5 Å². The molecule has 1 saturated heterocycles. The highest BCUT2D eigenvalue weighted by atomic mass is 32.2. The van der Waals surface area contributed by atoms with Crippen molar-refractivity contribution >= 4 is 21.7 Å². The summed E-state index contributed by atoms with van der Waals surface area (Å²) in [5.41, 5.74) is 0. The van der Waals surface area contributed by atoms with Crippen LogP contribution in [0.15, 0.2) is 0 Å². The zero-order chi connectivity index (χ0) is 14.5. The van der Waals surface area contributed by atoms with Gasteiger partial charge < -0.3 is 15.7 Å². The van der Waals surface area contributed by atoms with Gasteiger partial charge in [-0.25, -0.2) is 13.2 Å². The molecule has 0 aromatic rings. The maximum Gasteiger partial charge on any atom is 0.326 e. The first-order valence-corrected chi connectivity index (χ1v) is 8.27. The smallest absolute Gasteiger partial charge is 0.326 e. The van der Waals surface area contributed by atoms with E-state index in [1.54, 1.807) is 0 Å². The molecule has 110 valence electrons. The minimum Gasteiger partial charge on any atom is -0.480 e. The SMILES string of the molecule is CS(=O)(=O)CCC(NC(=O)C1CCNCC1)C(=O)O. The summed E-state index contributed by atoms with van der Waals surface area (Å²) < 4.78 is 22.1. The molecule has 0 bridgehead atoms. The predicted molar refractivity (Wildman–Crippen MR) is 69.5 cm³/mol. The van der Waals surface area contributed by atoms with Gasteiger partial charge in [-0.1, -0.05) is 0 Å². The van der Waals surface area contributed by atoms with E-state index in [0.717, 1.165) is 19.3 Å². The van der Waals surface area contributed by atoms with Crippen LogP contribution in [0.25, 0.3) is 0 Å². The second kappa shape index (κ2) is 6.85. The summed E-state index contributed by atoms with van der Waals surface area (Å²) in [6.07, 6.45) is 2.28. The maximum atomic E-state index is 11.9. The van der Waals surface area contributed by atoms with Crippen molar-refractivity contribution in [2.24, 2.45) is 5.92 Å². The number of carboxylic acids is 1. The van der Waals surface area contributed by atoms with Crippen molar-refractivity contribution in [1.29, 1.82) is 0 Å². The zero-order valence-corrected chi connectivity index (χ0v) is 11.7. The molecule has 1 heterocycles. The van der Waals surface area contributed by atoms with Crippen molar-refractivity contribution in [3.8, 4) is 0 Å². The summed E-state index contributed by atoms with van der Waals surface area (Å²) in [6, 6.07) is -1.14. The van der Waals surface area contributed by atoms with Crippen LogP contribution in [0.5, 0.6) is 0 Å². The molecule has 1 amide bonds. The lowest BCUT2D eigenvalue weighted by atomic mass is 9.97. The molecule has 0 aromatic carbocycles. The molecule has 1 aliphatic rings. The molecular formula is C11H20N2O5S. The highest BCUT2D eigenvalue weighted by Crippen LogP contribution is 2.12. The summed E-state index contributed by atoms with van der Waals surface area (Å²) in [5, 5.41) is 14.5. The van der Waals surface area contributed by atoms with E-state index in [1.807, 2.05) is 0 Å². The molecule has 1 rings (SSSR count). The minimum absolute atomic E-state index is 0.106. The molecule has 8 heteroatoms. The standard InChI is InChI=1S/C11H20N2O5S/c1-19(17,18)7-4-9(11(15)16)13-10(14)8-2-5-12-6-3-8/h8-9,12H,2-7H2,1H3,(H,13,14)(H,15,16). The third kappa shape index (κ3) is 6.02. The summed E-state index contributed by atoms with van der Waals surface area (Å²) in [4.78, 5) is 22.9. The fraction of sp³-hybridized carbons (Fsp3) is 0.818. The molecule has 0 aromatic heterocycles. The van der Waals surface area contributed by atoms with E-state index >= 15 is 0 Å². The Morgan fingerprint density at radius 3 is 2.42 bits per heavy atom. The van der Waals surface area contributed by atoms with Crippen LogP contribution < -0.4 is 10.6 Å². The van der Waals surface area contributed by atoms with E-state index < -0.39 is 21.8 Å². The van der Waals surface area contributed by atoms with Crippen molar-refractivity contribution in [3.05, 3.63) is 0 Å². The monoisotopic (exact) mass is 292 g/mol. The van der Waals surface area contributed by atoms with Gasteiger partial charge in [0.25, 0.3) is 0 Å². The Kier molecular flexibility index (Phi) is 5.74. The van der Waals surface area contributed by atoms with E-state index in [4.69, 9.17) is 5.11 Å². The molecule has 1 aliphatic heterocycles. The number of amides is 1. The third-order valence-electron chi connectivity index (χ3n) is 3.10. The summed E-state index contributed by atoms with van der Waals surface area (Å²) in [5.74, 6) is -1.95. The molecular weight excluding hydrogens is 272 g/mol. The van der Waals surface area contributed by atoms with Crippen molar-refractivity contribution in [1.82, 2.24) is 10.6 Å². The number of nitrogens with one attached hydrogen (secondary N) is 2. The van der Waals surface area contributed by atoms with Gasteiger partial charge in [-0.3, -0.25) is 4.79 Å². The lowest BCUT2D eigenvalue weighted by molar-refractivity contribution is -0.142. The third-order valence-corrected chi connectivity index (χ3v) is 4.08. The number of aliphatic carboxylic acids is 1. The molecule has 0 radical (unpaired) electrons. The van der Waals surface area contributed by atoms with Crippen LogP contribution in [0.3, 0.4) is 0 Å². The lowest BCUT2D eigenvalue weighted by Gasteiger charge is -2.23. The van der Waals surface area contributed by atoms with Gasteiger partial charge in [-0.05, 0) is 32.4 Å². The van der Waals surface area contributed by atoms with Crippen LogP contribution in [-0.2, 0) is 19.4 Å². The Bertz CT molecular complexity index is 428. The van der Waals surface area contributed by atoms with E-state index in [0.29, 0.717) is 12.8 Å². The first-order valence-electron chi connectivity index (χ1n) is 6.21. The number of piperidine rings is 1. The van der Waals surface area contributed by atoms with E-state index in [2.05, 4.69) is 10.6 Å². The van der Waals surface area contributed by atoms with E-state index in [1.165, 1.54) is 0 Å². The average molecular weight is 292 g/mol.